The van der Waals surface area contributed by atoms with Gasteiger partial charge in [0, 0.05) is 23.2 Å². The number of carbonyl (C=O) groups is 1. The van der Waals surface area contributed by atoms with Crippen LogP contribution >= 0.6 is 0 Å². The Kier molecular flexibility index (Phi) is 11.4. The topological polar surface area (TPSA) is 97.9 Å². The van der Waals surface area contributed by atoms with Crippen molar-refractivity contribution in [1.82, 2.24) is 5.32 Å². The quantitative estimate of drug-likeness (QED) is 0.163. The summed E-state index contributed by atoms with van der Waals surface area (Å²) >= 11 is 0. The predicted octanol–water partition coefficient (Wildman–Crippen LogP) is 5.44. The van der Waals surface area contributed by atoms with E-state index in [1.54, 1.807) is 24.3 Å². The molecule has 3 aromatic rings. The molecule has 0 aliphatic rings. The van der Waals surface area contributed by atoms with Crippen molar-refractivity contribution in [3.05, 3.63) is 113 Å². The first-order chi connectivity index (χ1) is 19.1. The number of hydrogen-bond acceptors (Lipinski definition) is 5. The summed E-state index contributed by atoms with van der Waals surface area (Å²) in [5.41, 5.74) is 8.06. The maximum absolute atomic E-state index is 11.2. The zero-order valence-electron chi connectivity index (χ0n) is 21.6. The van der Waals surface area contributed by atoms with E-state index in [9.17, 15) is 4.79 Å². The Hall–Kier alpha value is -5.27. The Morgan fingerprint density at radius 1 is 0.744 bits per heavy atom. The molecule has 39 heavy (non-hydrogen) atoms. The van der Waals surface area contributed by atoms with Crippen molar-refractivity contribution in [2.75, 3.05) is 18.6 Å². The van der Waals surface area contributed by atoms with Crippen LogP contribution in [0, 0.1) is 46.3 Å². The molecule has 0 heterocycles. The number of rotatable bonds is 10. The summed E-state index contributed by atoms with van der Waals surface area (Å²) in [6, 6.07) is 24.1. The van der Waals surface area contributed by atoms with E-state index in [1.807, 2.05) is 42.5 Å². The van der Waals surface area contributed by atoms with E-state index in [2.05, 4.69) is 53.2 Å². The Labute approximate surface area is 229 Å². The lowest BCUT2D eigenvalue weighted by Gasteiger charge is -2.10. The van der Waals surface area contributed by atoms with Crippen LogP contribution < -0.4 is 10.8 Å². The molecule has 1 amide bonds. The minimum absolute atomic E-state index is 0.149. The van der Waals surface area contributed by atoms with Crippen LogP contribution in [0.1, 0.15) is 59.1 Å². The molecular weight excluding hydrogens is 484 g/mol. The molecule has 6 nitrogen and oxygen atoms in total. The average molecular weight is 513 g/mol. The summed E-state index contributed by atoms with van der Waals surface area (Å²) in [7, 11) is 0. The van der Waals surface area contributed by atoms with Gasteiger partial charge in [-0.1, -0.05) is 43.1 Å². The number of nitriles is 2. The fourth-order valence-corrected chi connectivity index (χ4v) is 3.42. The molecule has 0 aromatic heterocycles. The van der Waals surface area contributed by atoms with Gasteiger partial charge in [-0.3, -0.25) is 15.1 Å². The number of unbranched alkanes of at least 4 members (excludes halogenated alkanes) is 3. The van der Waals surface area contributed by atoms with Crippen molar-refractivity contribution in [1.29, 1.82) is 10.5 Å². The molecule has 0 bridgehead atoms. The number of amides is 1. The van der Waals surface area contributed by atoms with Crippen molar-refractivity contribution in [2.24, 2.45) is 0 Å². The van der Waals surface area contributed by atoms with Gasteiger partial charge >= 0.3 is 0 Å². The van der Waals surface area contributed by atoms with Gasteiger partial charge in [0.1, 0.15) is 0 Å². The molecule has 0 aliphatic heterocycles. The molecule has 0 saturated heterocycles. The third-order valence-corrected chi connectivity index (χ3v) is 5.58. The maximum Gasteiger partial charge on any atom is 0.243 e. The summed E-state index contributed by atoms with van der Waals surface area (Å²) in [6.07, 6.45) is 5.01. The molecule has 0 fully saturated rings. The molecule has 0 aliphatic carbocycles. The molecule has 0 atom stereocenters. The first kappa shape index (κ1) is 28.3. The van der Waals surface area contributed by atoms with Gasteiger partial charge in [0.15, 0.2) is 0 Å². The van der Waals surface area contributed by atoms with Crippen LogP contribution in [0.15, 0.2) is 79.4 Å². The number of nitrogens with one attached hydrogen (secondary N) is 2. The fraction of sp³-hybridized carbons (Fsp3) is 0.182. The third-order valence-electron chi connectivity index (χ3n) is 5.58. The predicted molar refractivity (Wildman–Crippen MR) is 152 cm³/mol. The van der Waals surface area contributed by atoms with Crippen molar-refractivity contribution in [3.63, 3.8) is 0 Å². The summed E-state index contributed by atoms with van der Waals surface area (Å²) < 4.78 is 0. The van der Waals surface area contributed by atoms with E-state index in [4.69, 9.17) is 15.4 Å². The molecular formula is C33H28N4O2. The highest BCUT2D eigenvalue weighted by molar-refractivity contribution is 5.86. The average Bonchev–Trinajstić information content (AvgIpc) is 2.98. The van der Waals surface area contributed by atoms with Crippen LogP contribution in [0.4, 0.5) is 5.69 Å². The minimum Gasteiger partial charge on any atom is -0.353 e. The first-order valence-electron chi connectivity index (χ1n) is 12.6. The normalized spacial score (nSPS) is 9.49. The second-order valence-electron chi connectivity index (χ2n) is 8.50. The highest BCUT2D eigenvalue weighted by Crippen LogP contribution is 2.18. The number of nitrogens with zero attached hydrogens (tertiary/aromatic N) is 2. The SMILES string of the molecule is C=CC(=O)NCCCCCCONc1cc(C#Cc2ccc(C#N)cc2)ccc1C#Cc1ccc(C#N)cc1. The van der Waals surface area contributed by atoms with Crippen molar-refractivity contribution in [3.8, 4) is 35.8 Å². The van der Waals surface area contributed by atoms with Crippen molar-refractivity contribution in [2.45, 2.75) is 25.7 Å². The van der Waals surface area contributed by atoms with Crippen LogP contribution in [0.2, 0.25) is 0 Å². The molecule has 0 saturated carbocycles. The van der Waals surface area contributed by atoms with Gasteiger partial charge in [0.05, 0.1) is 41.1 Å². The second kappa shape index (κ2) is 15.8. The lowest BCUT2D eigenvalue weighted by atomic mass is 10.1. The van der Waals surface area contributed by atoms with Crippen LogP contribution in [-0.4, -0.2) is 19.1 Å². The second-order valence-corrected chi connectivity index (χ2v) is 8.50. The molecule has 0 unspecified atom stereocenters. The summed E-state index contributed by atoms with van der Waals surface area (Å²) in [5.74, 6) is 12.4. The Balaban J connectivity index is 1.65. The number of carbonyl (C=O) groups excluding carboxylic acids is 1. The van der Waals surface area contributed by atoms with E-state index in [0.29, 0.717) is 30.0 Å². The van der Waals surface area contributed by atoms with Gasteiger partial charge in [-0.25, -0.2) is 0 Å². The van der Waals surface area contributed by atoms with E-state index in [1.165, 1.54) is 6.08 Å². The van der Waals surface area contributed by atoms with E-state index in [0.717, 1.165) is 47.9 Å². The zero-order valence-corrected chi connectivity index (χ0v) is 21.6. The first-order valence-corrected chi connectivity index (χ1v) is 12.6. The lowest BCUT2D eigenvalue weighted by molar-refractivity contribution is -0.116. The Morgan fingerprint density at radius 2 is 1.28 bits per heavy atom. The standard InChI is InChI=1S/C33H28N4O2/c1-2-33(38)36-21-5-3-4-6-22-39-37-32-23-28(12-7-26-8-13-29(24-34)14-9-26)18-20-31(32)19-17-27-10-15-30(25-35)16-11-27/h2,8-11,13-16,18,20,23,37H,1,3-6,21-22H2,(H,36,38). The van der Waals surface area contributed by atoms with Gasteiger partial charge in [0.25, 0.3) is 0 Å². The molecule has 3 aromatic carbocycles. The molecule has 192 valence electrons. The van der Waals surface area contributed by atoms with E-state index < -0.39 is 0 Å². The fourth-order valence-electron chi connectivity index (χ4n) is 3.42. The minimum atomic E-state index is -0.149. The lowest BCUT2D eigenvalue weighted by Crippen LogP contribution is -2.21. The highest BCUT2D eigenvalue weighted by atomic mass is 16.6. The largest absolute Gasteiger partial charge is 0.353 e. The molecule has 0 spiro atoms. The monoisotopic (exact) mass is 512 g/mol. The summed E-state index contributed by atoms with van der Waals surface area (Å²) in [6.45, 7) is 4.59. The van der Waals surface area contributed by atoms with Gasteiger partial charge in [-0.2, -0.15) is 10.5 Å². The smallest absolute Gasteiger partial charge is 0.243 e. The maximum atomic E-state index is 11.2. The van der Waals surface area contributed by atoms with Crippen molar-refractivity contribution < 1.29 is 9.63 Å². The number of hydrogen-bond donors (Lipinski definition) is 2. The van der Waals surface area contributed by atoms with Crippen LogP contribution in [0.3, 0.4) is 0 Å². The molecule has 0 radical (unpaired) electrons. The third kappa shape index (κ3) is 9.95. The van der Waals surface area contributed by atoms with Crippen molar-refractivity contribution >= 4 is 11.6 Å². The number of benzene rings is 3. The summed E-state index contributed by atoms with van der Waals surface area (Å²) in [5, 5.41) is 20.7. The molecule has 2 N–H and O–H groups in total. The summed E-state index contributed by atoms with van der Waals surface area (Å²) in [4.78, 5) is 16.9. The van der Waals surface area contributed by atoms with Crippen LogP contribution in [0.5, 0.6) is 0 Å². The Bertz CT molecular complexity index is 1490. The van der Waals surface area contributed by atoms with Gasteiger partial charge in [0.2, 0.25) is 5.91 Å². The van der Waals surface area contributed by atoms with E-state index in [-0.39, 0.29) is 5.91 Å². The molecule has 6 heteroatoms. The van der Waals surface area contributed by atoms with Crippen LogP contribution in [-0.2, 0) is 9.63 Å². The highest BCUT2D eigenvalue weighted by Gasteiger charge is 2.03. The zero-order chi connectivity index (χ0) is 27.7. The Morgan fingerprint density at radius 3 is 1.90 bits per heavy atom. The number of anilines is 1. The van der Waals surface area contributed by atoms with Crippen LogP contribution in [0.25, 0.3) is 0 Å². The van der Waals surface area contributed by atoms with E-state index >= 15 is 0 Å². The van der Waals surface area contributed by atoms with Gasteiger partial charge < -0.3 is 5.32 Å². The van der Waals surface area contributed by atoms with Gasteiger partial charge in [-0.05, 0) is 85.6 Å². The van der Waals surface area contributed by atoms with Gasteiger partial charge in [-0.15, -0.1) is 0 Å². The molecule has 3 rings (SSSR count).